The Morgan fingerprint density at radius 1 is 1.26 bits per heavy atom. The van der Waals surface area contributed by atoms with Gasteiger partial charge in [-0.15, -0.1) is 0 Å². The lowest BCUT2D eigenvalue weighted by Crippen LogP contribution is -2.48. The summed E-state index contributed by atoms with van der Waals surface area (Å²) in [6, 6.07) is 0. The molecule has 0 aromatic heterocycles. The highest BCUT2D eigenvalue weighted by molar-refractivity contribution is 7.81. The zero-order chi connectivity index (χ0) is 18.7. The zero-order valence-corrected chi connectivity index (χ0v) is 14.7. The van der Waals surface area contributed by atoms with Gasteiger partial charge in [0.05, 0.1) is 20.6 Å². The van der Waals surface area contributed by atoms with Crippen LogP contribution in [0.25, 0.3) is 0 Å². The Morgan fingerprint density at radius 2 is 1.78 bits per heavy atom. The summed E-state index contributed by atoms with van der Waals surface area (Å²) >= 11 is 0. The van der Waals surface area contributed by atoms with Gasteiger partial charge < -0.3 is 20.1 Å². The SMILES string of the molecule is CCC[N+](C)(C)CC(=O)NCOS(=O)(=O)[O-].NCOS(=O)(=O)O. The Hall–Kier alpha value is -0.870. The molecule has 0 saturated heterocycles. The van der Waals surface area contributed by atoms with Gasteiger partial charge in [-0.05, 0) is 6.42 Å². The third kappa shape index (κ3) is 21.1. The molecule has 0 saturated carbocycles. The summed E-state index contributed by atoms with van der Waals surface area (Å²) in [6.45, 7) is 1.89. The van der Waals surface area contributed by atoms with Crippen molar-refractivity contribution < 1.29 is 43.6 Å². The second kappa shape index (κ2) is 10.8. The predicted molar refractivity (Wildman–Crippen MR) is 77.6 cm³/mol. The van der Waals surface area contributed by atoms with Crippen LogP contribution in [0.5, 0.6) is 0 Å². The molecule has 0 aliphatic rings. The number of carbonyl (C=O) groups excluding carboxylic acids is 1. The molecule has 0 aliphatic carbocycles. The molecule has 0 spiro atoms. The van der Waals surface area contributed by atoms with E-state index in [1.54, 1.807) is 0 Å². The number of nitrogens with one attached hydrogen (secondary N) is 1. The molecule has 14 heteroatoms. The number of likely N-dealkylation sites (N-methyl/N-ethyl adjacent to an activating group) is 1. The van der Waals surface area contributed by atoms with Crippen molar-refractivity contribution in [1.29, 1.82) is 0 Å². The van der Waals surface area contributed by atoms with Crippen LogP contribution in [0.4, 0.5) is 0 Å². The molecule has 0 aromatic carbocycles. The fourth-order valence-corrected chi connectivity index (χ4v) is 1.77. The first-order valence-electron chi connectivity index (χ1n) is 6.23. The molecule has 4 N–H and O–H groups in total. The predicted octanol–water partition coefficient (Wildman–Crippen LogP) is -2.25. The molecule has 0 rings (SSSR count). The van der Waals surface area contributed by atoms with Gasteiger partial charge >= 0.3 is 10.4 Å². The molecular formula is C9H23N3O9S2. The van der Waals surface area contributed by atoms with Crippen LogP contribution in [0, 0.1) is 0 Å². The van der Waals surface area contributed by atoms with Gasteiger partial charge in [-0.3, -0.25) is 13.5 Å². The molecule has 0 aliphatic heterocycles. The van der Waals surface area contributed by atoms with E-state index < -0.39 is 34.3 Å². The summed E-state index contributed by atoms with van der Waals surface area (Å²) < 4.78 is 64.7. The first-order valence-corrected chi connectivity index (χ1v) is 8.93. The number of quaternary nitrogens is 1. The van der Waals surface area contributed by atoms with E-state index >= 15 is 0 Å². The van der Waals surface area contributed by atoms with Crippen molar-refractivity contribution in [3.8, 4) is 0 Å². The van der Waals surface area contributed by atoms with Gasteiger partial charge in [0.25, 0.3) is 5.91 Å². The van der Waals surface area contributed by atoms with E-state index in [4.69, 9.17) is 4.55 Å². The number of nitrogens with zero attached hydrogens (tertiary/aromatic N) is 1. The second-order valence-corrected chi connectivity index (χ2v) is 6.94. The lowest BCUT2D eigenvalue weighted by molar-refractivity contribution is -0.882. The first kappa shape index (κ1) is 24.4. The van der Waals surface area contributed by atoms with Crippen molar-refractivity contribution in [2.45, 2.75) is 13.3 Å². The fourth-order valence-electron chi connectivity index (χ4n) is 1.40. The van der Waals surface area contributed by atoms with Gasteiger partial charge in [-0.25, -0.2) is 12.6 Å². The minimum atomic E-state index is -4.74. The molecule has 140 valence electrons. The Morgan fingerprint density at radius 3 is 2.09 bits per heavy atom. The summed E-state index contributed by atoms with van der Waals surface area (Å²) in [5.41, 5.74) is 4.55. The van der Waals surface area contributed by atoms with Crippen LogP contribution in [-0.2, 0) is 34.0 Å². The Balaban J connectivity index is 0. The van der Waals surface area contributed by atoms with Gasteiger partial charge in [-0.1, -0.05) is 6.92 Å². The van der Waals surface area contributed by atoms with E-state index in [0.717, 1.165) is 13.0 Å². The average Bonchev–Trinajstić information content (AvgIpc) is 2.24. The molecule has 23 heavy (non-hydrogen) atoms. The van der Waals surface area contributed by atoms with E-state index in [-0.39, 0.29) is 12.5 Å². The van der Waals surface area contributed by atoms with E-state index in [9.17, 15) is 26.2 Å². The number of amides is 1. The number of rotatable bonds is 9. The van der Waals surface area contributed by atoms with Crippen molar-refractivity contribution >= 4 is 26.7 Å². The van der Waals surface area contributed by atoms with Crippen LogP contribution in [0.1, 0.15) is 13.3 Å². The number of hydrogen-bond donors (Lipinski definition) is 3. The van der Waals surface area contributed by atoms with Crippen LogP contribution in [-0.4, -0.2) is 77.0 Å². The van der Waals surface area contributed by atoms with Gasteiger partial charge in [0.15, 0.2) is 6.54 Å². The van der Waals surface area contributed by atoms with Crippen molar-refractivity contribution in [2.24, 2.45) is 5.73 Å². The van der Waals surface area contributed by atoms with E-state index in [1.165, 1.54) is 0 Å². The number of nitrogens with two attached hydrogens (primary N) is 1. The molecule has 0 fully saturated rings. The highest BCUT2D eigenvalue weighted by Gasteiger charge is 2.18. The normalized spacial score (nSPS) is 12.3. The quantitative estimate of drug-likeness (QED) is 0.170. The van der Waals surface area contributed by atoms with E-state index in [0.29, 0.717) is 4.48 Å². The summed E-state index contributed by atoms with van der Waals surface area (Å²) in [7, 11) is -5.28. The third-order valence-corrected chi connectivity index (χ3v) is 2.93. The minimum absolute atomic E-state index is 0.204. The molecule has 12 nitrogen and oxygen atoms in total. The molecule has 1 amide bonds. The molecule has 0 bridgehead atoms. The Bertz CT molecular complexity index is 545. The van der Waals surface area contributed by atoms with Crippen LogP contribution in [0.3, 0.4) is 0 Å². The van der Waals surface area contributed by atoms with Gasteiger partial charge in [0.2, 0.25) is 10.4 Å². The highest BCUT2D eigenvalue weighted by Crippen LogP contribution is 1.98. The van der Waals surface area contributed by atoms with Crippen LogP contribution < -0.4 is 11.1 Å². The monoisotopic (exact) mass is 381 g/mol. The first-order chi connectivity index (χ1) is 10.2. The van der Waals surface area contributed by atoms with Gasteiger partial charge in [0, 0.05) is 0 Å². The molecule has 0 heterocycles. The van der Waals surface area contributed by atoms with Crippen LogP contribution >= 0.6 is 0 Å². The topological polar surface area (TPSA) is 185 Å². The minimum Gasteiger partial charge on any atom is -0.725 e. The number of hydrogen-bond acceptors (Lipinski definition) is 9. The van der Waals surface area contributed by atoms with Crippen molar-refractivity contribution in [3.05, 3.63) is 0 Å². The van der Waals surface area contributed by atoms with Crippen molar-refractivity contribution in [1.82, 2.24) is 5.32 Å². The summed E-state index contributed by atoms with van der Waals surface area (Å²) in [6.07, 6.45) is 0.936. The zero-order valence-electron chi connectivity index (χ0n) is 13.1. The number of carbonyl (C=O) groups is 1. The summed E-state index contributed by atoms with van der Waals surface area (Å²) in [5, 5.41) is 2.20. The van der Waals surface area contributed by atoms with Gasteiger partial charge in [0.1, 0.15) is 13.5 Å². The molecular weight excluding hydrogens is 358 g/mol. The van der Waals surface area contributed by atoms with E-state index in [2.05, 4.69) is 19.4 Å². The lowest BCUT2D eigenvalue weighted by atomic mass is 10.3. The molecule has 0 atom stereocenters. The highest BCUT2D eigenvalue weighted by atomic mass is 32.3. The maximum absolute atomic E-state index is 11.3. The molecule has 0 aromatic rings. The third-order valence-electron chi connectivity index (χ3n) is 2.09. The van der Waals surface area contributed by atoms with Crippen molar-refractivity contribution in [2.75, 3.05) is 40.6 Å². The Labute approximate surface area is 136 Å². The summed E-state index contributed by atoms with van der Waals surface area (Å²) in [5.74, 6) is -0.359. The maximum Gasteiger partial charge on any atom is 0.398 e. The lowest BCUT2D eigenvalue weighted by Gasteiger charge is -2.28. The van der Waals surface area contributed by atoms with Crippen molar-refractivity contribution in [3.63, 3.8) is 0 Å². The van der Waals surface area contributed by atoms with E-state index in [1.807, 2.05) is 21.0 Å². The van der Waals surface area contributed by atoms with Crippen LogP contribution in [0.2, 0.25) is 0 Å². The van der Waals surface area contributed by atoms with Crippen LogP contribution in [0.15, 0.2) is 0 Å². The Kier molecular flexibility index (Phi) is 11.5. The summed E-state index contributed by atoms with van der Waals surface area (Å²) in [4.78, 5) is 11.3. The maximum atomic E-state index is 11.3. The second-order valence-electron chi connectivity index (χ2n) is 4.80. The largest absolute Gasteiger partial charge is 0.725 e. The average molecular weight is 381 g/mol. The fraction of sp³-hybridized carbons (Fsp3) is 0.889. The molecule has 0 radical (unpaired) electrons. The smallest absolute Gasteiger partial charge is 0.398 e. The standard InChI is InChI=1S/C8H18N2O5S.CH5NO4S/c1-4-5-10(2,3)6-8(11)9-7-15-16(12,13)14;2-1-6-7(3,4)5/h4-7H2,1-3H3,(H-,9,11,12,13,14);1-2H2,(H,3,4,5). The van der Waals surface area contributed by atoms with Gasteiger partial charge in [-0.2, -0.15) is 8.42 Å². The molecule has 0 unspecified atom stereocenters.